The van der Waals surface area contributed by atoms with Gasteiger partial charge in [-0.25, -0.2) is 0 Å². The highest BCUT2D eigenvalue weighted by atomic mass is 16.3. The number of benzene rings is 1. The molecule has 5 amide bonds. The highest BCUT2D eigenvalue weighted by molar-refractivity contribution is 5.98. The van der Waals surface area contributed by atoms with Gasteiger partial charge in [0.2, 0.25) is 29.5 Å². The molecule has 0 aromatic heterocycles. The van der Waals surface area contributed by atoms with E-state index in [1.807, 2.05) is 33.8 Å². The Kier molecular flexibility index (Phi) is 12.6. The Morgan fingerprint density at radius 1 is 0.600 bits per heavy atom. The van der Waals surface area contributed by atoms with Gasteiger partial charge in [-0.2, -0.15) is 0 Å². The molecule has 0 radical (unpaired) electrons. The molecular weight excluding hydrogens is 514 g/mol. The van der Waals surface area contributed by atoms with E-state index >= 15 is 0 Å². The maximum atomic E-state index is 13.5. The van der Waals surface area contributed by atoms with Crippen molar-refractivity contribution in [1.82, 2.24) is 26.6 Å². The van der Waals surface area contributed by atoms with Gasteiger partial charge in [-0.15, -0.1) is 0 Å². The Morgan fingerprint density at radius 3 is 1.50 bits per heavy atom. The van der Waals surface area contributed by atoms with Crippen molar-refractivity contribution in [2.24, 2.45) is 17.8 Å². The van der Waals surface area contributed by atoms with Crippen LogP contribution in [0, 0.1) is 17.8 Å². The SMILES string of the molecule is CC(C)C[C@@H]1NC(=O)[C@H](Cc2ccccc2)NC(=O)[C@@H](CO)NC(=O)[C@H](C(C)C)NC(=O)[C@H](CC(C)C)NC1=O. The molecule has 2 rings (SSSR count). The monoisotopic (exact) mass is 559 g/mol. The predicted molar refractivity (Wildman–Crippen MR) is 151 cm³/mol. The molecule has 0 spiro atoms. The number of carbonyl (C=O) groups is 5. The molecule has 0 unspecified atom stereocenters. The van der Waals surface area contributed by atoms with Crippen molar-refractivity contribution in [1.29, 1.82) is 0 Å². The van der Waals surface area contributed by atoms with Gasteiger partial charge in [0.1, 0.15) is 30.2 Å². The van der Waals surface area contributed by atoms with E-state index in [4.69, 9.17) is 0 Å². The van der Waals surface area contributed by atoms with Crippen molar-refractivity contribution >= 4 is 29.5 Å². The fourth-order valence-electron chi connectivity index (χ4n) is 4.53. The van der Waals surface area contributed by atoms with Crippen LogP contribution in [0.4, 0.5) is 0 Å². The lowest BCUT2D eigenvalue weighted by Crippen LogP contribution is -2.59. The molecule has 1 aromatic carbocycles. The van der Waals surface area contributed by atoms with Gasteiger partial charge >= 0.3 is 0 Å². The average Bonchev–Trinajstić information content (AvgIpc) is 2.88. The summed E-state index contributed by atoms with van der Waals surface area (Å²) in [5.41, 5.74) is 0.766. The predicted octanol–water partition coefficient (Wildman–Crippen LogP) is 0.407. The molecule has 1 saturated heterocycles. The Balaban J connectivity index is 2.54. The molecule has 222 valence electrons. The topological polar surface area (TPSA) is 166 Å². The quantitative estimate of drug-likeness (QED) is 0.270. The highest BCUT2D eigenvalue weighted by Gasteiger charge is 2.35. The van der Waals surface area contributed by atoms with Crippen LogP contribution in [-0.2, 0) is 30.4 Å². The molecule has 1 aliphatic heterocycles. The van der Waals surface area contributed by atoms with Gasteiger partial charge in [-0.3, -0.25) is 24.0 Å². The van der Waals surface area contributed by atoms with Crippen LogP contribution >= 0.6 is 0 Å². The first-order valence-corrected chi connectivity index (χ1v) is 14.0. The number of aliphatic hydroxyl groups is 1. The minimum atomic E-state index is -1.36. The van der Waals surface area contributed by atoms with Gasteiger partial charge < -0.3 is 31.7 Å². The standard InChI is InChI=1S/C29H45N5O6/c1-16(2)12-20-25(36)31-21(13-17(3)4)27(38)34-24(18(5)6)29(40)33-23(15-35)28(39)32-22(26(37)30-20)14-19-10-8-7-9-11-19/h7-11,16-18,20-24,35H,12-15H2,1-6H3,(H,30,37)(H,31,36)(H,32,39)(H,33,40)(H,34,38)/t20-,21-,22-,23+,24-/m0/s1. The first-order chi connectivity index (χ1) is 18.8. The number of hydrogen-bond acceptors (Lipinski definition) is 6. The van der Waals surface area contributed by atoms with Crippen LogP contribution in [-0.4, -0.2) is 71.5 Å². The van der Waals surface area contributed by atoms with Crippen molar-refractivity contribution in [3.05, 3.63) is 35.9 Å². The van der Waals surface area contributed by atoms with Crippen LogP contribution in [0.3, 0.4) is 0 Å². The minimum absolute atomic E-state index is 0.0311. The lowest BCUT2D eigenvalue weighted by Gasteiger charge is -2.28. The lowest BCUT2D eigenvalue weighted by atomic mass is 9.98. The van der Waals surface area contributed by atoms with Crippen LogP contribution in [0.15, 0.2) is 30.3 Å². The zero-order valence-corrected chi connectivity index (χ0v) is 24.3. The molecule has 1 heterocycles. The number of carbonyl (C=O) groups excluding carboxylic acids is 5. The zero-order chi connectivity index (χ0) is 30.0. The third-order valence-corrected chi connectivity index (χ3v) is 6.66. The van der Waals surface area contributed by atoms with Gasteiger partial charge in [0, 0.05) is 6.42 Å². The van der Waals surface area contributed by atoms with E-state index in [1.54, 1.807) is 38.1 Å². The largest absolute Gasteiger partial charge is 0.394 e. The molecule has 40 heavy (non-hydrogen) atoms. The van der Waals surface area contributed by atoms with E-state index in [1.165, 1.54) is 0 Å². The molecule has 0 bridgehead atoms. The number of amides is 5. The van der Waals surface area contributed by atoms with Crippen LogP contribution in [0.2, 0.25) is 0 Å². The second-order valence-electron chi connectivity index (χ2n) is 11.6. The van der Waals surface area contributed by atoms with Crippen molar-refractivity contribution in [3.63, 3.8) is 0 Å². The molecule has 11 heteroatoms. The molecule has 1 fully saturated rings. The van der Waals surface area contributed by atoms with Crippen molar-refractivity contribution in [2.45, 2.75) is 91.0 Å². The summed E-state index contributed by atoms with van der Waals surface area (Å²) in [6, 6.07) is 3.64. The van der Waals surface area contributed by atoms with Gasteiger partial charge in [-0.1, -0.05) is 71.9 Å². The summed E-state index contributed by atoms with van der Waals surface area (Å²) >= 11 is 0. The van der Waals surface area contributed by atoms with Crippen molar-refractivity contribution in [2.75, 3.05) is 6.61 Å². The lowest BCUT2D eigenvalue weighted by molar-refractivity contribution is -0.135. The van der Waals surface area contributed by atoms with Crippen LogP contribution in [0.25, 0.3) is 0 Å². The summed E-state index contributed by atoms with van der Waals surface area (Å²) in [5, 5.41) is 23.4. The van der Waals surface area contributed by atoms with Crippen LogP contribution in [0.5, 0.6) is 0 Å². The molecular formula is C29H45N5O6. The fourth-order valence-corrected chi connectivity index (χ4v) is 4.53. The molecule has 1 aliphatic rings. The minimum Gasteiger partial charge on any atom is -0.394 e. The molecule has 6 N–H and O–H groups in total. The fraction of sp³-hybridized carbons (Fsp3) is 0.621. The van der Waals surface area contributed by atoms with E-state index in [0.29, 0.717) is 12.8 Å². The third-order valence-electron chi connectivity index (χ3n) is 6.66. The third kappa shape index (κ3) is 9.93. The molecule has 11 nitrogen and oxygen atoms in total. The molecule has 1 aromatic rings. The molecule has 0 aliphatic carbocycles. The highest BCUT2D eigenvalue weighted by Crippen LogP contribution is 2.12. The Hall–Kier alpha value is -3.47. The average molecular weight is 560 g/mol. The maximum absolute atomic E-state index is 13.5. The first-order valence-electron chi connectivity index (χ1n) is 14.0. The van der Waals surface area contributed by atoms with Crippen molar-refractivity contribution < 1.29 is 29.1 Å². The number of hydrogen-bond donors (Lipinski definition) is 6. The summed E-state index contributed by atoms with van der Waals surface area (Å²) in [7, 11) is 0. The second kappa shape index (κ2) is 15.4. The Labute approximate surface area is 236 Å². The summed E-state index contributed by atoms with van der Waals surface area (Å²) in [6.45, 7) is 10.4. The van der Waals surface area contributed by atoms with Crippen LogP contribution < -0.4 is 26.6 Å². The normalized spacial score (nSPS) is 25.4. The van der Waals surface area contributed by atoms with Crippen molar-refractivity contribution in [3.8, 4) is 0 Å². The van der Waals surface area contributed by atoms with Gasteiger partial charge in [0.15, 0.2) is 0 Å². The van der Waals surface area contributed by atoms with Crippen LogP contribution in [0.1, 0.15) is 59.9 Å². The van der Waals surface area contributed by atoms with Gasteiger partial charge in [-0.05, 0) is 36.2 Å². The van der Waals surface area contributed by atoms with Gasteiger partial charge in [0.25, 0.3) is 0 Å². The van der Waals surface area contributed by atoms with Gasteiger partial charge in [0.05, 0.1) is 6.61 Å². The second-order valence-corrected chi connectivity index (χ2v) is 11.6. The Morgan fingerprint density at radius 2 is 1.02 bits per heavy atom. The van der Waals surface area contributed by atoms with E-state index in [9.17, 15) is 29.1 Å². The summed E-state index contributed by atoms with van der Waals surface area (Å²) < 4.78 is 0. The number of nitrogens with one attached hydrogen (secondary N) is 5. The molecule has 5 atom stereocenters. The molecule has 0 saturated carbocycles. The summed E-state index contributed by atoms with van der Waals surface area (Å²) in [6.07, 6.45) is 0.723. The number of rotatable bonds is 8. The maximum Gasteiger partial charge on any atom is 0.245 e. The first kappa shape index (κ1) is 32.7. The smallest absolute Gasteiger partial charge is 0.245 e. The van der Waals surface area contributed by atoms with E-state index in [-0.39, 0.29) is 24.2 Å². The van der Waals surface area contributed by atoms with E-state index < -0.39 is 66.4 Å². The van der Waals surface area contributed by atoms with E-state index in [0.717, 1.165) is 5.56 Å². The summed E-state index contributed by atoms with van der Waals surface area (Å²) in [5.74, 6) is -3.39. The number of aliphatic hydroxyl groups excluding tert-OH is 1. The summed E-state index contributed by atoms with van der Waals surface area (Å²) in [4.78, 5) is 66.7. The zero-order valence-electron chi connectivity index (χ0n) is 24.3. The Bertz CT molecular complexity index is 1030. The van der Waals surface area contributed by atoms with E-state index in [2.05, 4.69) is 26.6 Å².